The van der Waals surface area contributed by atoms with E-state index in [0.29, 0.717) is 21.5 Å². The molecule has 142 valence electrons. The van der Waals surface area contributed by atoms with Gasteiger partial charge in [0.05, 0.1) is 11.6 Å². The Balaban J connectivity index is 1.89. The maximum atomic E-state index is 12.9. The lowest BCUT2D eigenvalue weighted by atomic mass is 10.1. The Labute approximate surface area is 171 Å². The number of methoxy groups -OCH3 is 1. The maximum absolute atomic E-state index is 12.9. The van der Waals surface area contributed by atoms with Gasteiger partial charge in [0, 0.05) is 11.3 Å². The molecule has 0 saturated heterocycles. The Morgan fingerprint density at radius 3 is 2.18 bits per heavy atom. The zero-order chi connectivity index (χ0) is 19.9. The first-order valence-corrected chi connectivity index (χ1v) is 9.34. The predicted molar refractivity (Wildman–Crippen MR) is 110 cm³/mol. The summed E-state index contributed by atoms with van der Waals surface area (Å²) < 4.78 is 11.5. The zero-order valence-electron chi connectivity index (χ0n) is 15.1. The van der Waals surface area contributed by atoms with Gasteiger partial charge in [0.1, 0.15) is 11.3 Å². The standard InChI is InChI=1S/C22H18BrNO4/c1-27-20-17(13-8-14-18(20)23)22(26)28-19(15-9-4-2-5-10-15)21(25)24-16-11-6-3-7-12-16/h2-14,19H,1H3,(H,24,25). The molecule has 0 bridgehead atoms. The Hall–Kier alpha value is -3.12. The van der Waals surface area contributed by atoms with Crippen LogP contribution in [0.2, 0.25) is 0 Å². The van der Waals surface area contributed by atoms with Crippen molar-refractivity contribution in [3.8, 4) is 5.75 Å². The highest BCUT2D eigenvalue weighted by molar-refractivity contribution is 9.10. The Morgan fingerprint density at radius 1 is 0.893 bits per heavy atom. The van der Waals surface area contributed by atoms with Crippen molar-refractivity contribution in [1.82, 2.24) is 0 Å². The number of carbonyl (C=O) groups is 2. The van der Waals surface area contributed by atoms with Crippen LogP contribution in [0.1, 0.15) is 22.0 Å². The fourth-order valence-corrected chi connectivity index (χ4v) is 3.21. The zero-order valence-corrected chi connectivity index (χ0v) is 16.7. The van der Waals surface area contributed by atoms with E-state index in [9.17, 15) is 9.59 Å². The number of amides is 1. The van der Waals surface area contributed by atoms with Gasteiger partial charge in [0.25, 0.3) is 5.91 Å². The van der Waals surface area contributed by atoms with Gasteiger partial charge in [-0.1, -0.05) is 54.6 Å². The van der Waals surface area contributed by atoms with Gasteiger partial charge >= 0.3 is 5.97 Å². The fourth-order valence-electron chi connectivity index (χ4n) is 2.68. The molecule has 6 heteroatoms. The number of carbonyl (C=O) groups excluding carboxylic acids is 2. The van der Waals surface area contributed by atoms with Gasteiger partial charge in [-0.25, -0.2) is 4.79 Å². The van der Waals surface area contributed by atoms with Gasteiger partial charge in [-0.15, -0.1) is 0 Å². The van der Waals surface area contributed by atoms with Gasteiger partial charge in [-0.3, -0.25) is 4.79 Å². The highest BCUT2D eigenvalue weighted by atomic mass is 79.9. The van der Waals surface area contributed by atoms with E-state index in [4.69, 9.17) is 9.47 Å². The van der Waals surface area contributed by atoms with E-state index in [1.165, 1.54) is 7.11 Å². The normalized spacial score (nSPS) is 11.4. The second-order valence-electron chi connectivity index (χ2n) is 5.87. The van der Waals surface area contributed by atoms with Crippen LogP contribution in [0.5, 0.6) is 5.75 Å². The van der Waals surface area contributed by atoms with E-state index >= 15 is 0 Å². The molecule has 3 aromatic rings. The van der Waals surface area contributed by atoms with Crippen LogP contribution in [0.15, 0.2) is 83.3 Å². The largest absolute Gasteiger partial charge is 0.495 e. The molecule has 0 spiro atoms. The Kier molecular flexibility index (Phi) is 6.45. The molecule has 28 heavy (non-hydrogen) atoms. The molecule has 0 radical (unpaired) electrons. The summed E-state index contributed by atoms with van der Waals surface area (Å²) in [6.07, 6.45) is -1.11. The van der Waals surface area contributed by atoms with Crippen LogP contribution >= 0.6 is 15.9 Å². The van der Waals surface area contributed by atoms with Gasteiger partial charge in [-0.05, 0) is 40.2 Å². The minimum atomic E-state index is -1.11. The van der Waals surface area contributed by atoms with Crippen molar-refractivity contribution in [2.75, 3.05) is 12.4 Å². The van der Waals surface area contributed by atoms with E-state index in [0.717, 1.165) is 0 Å². The minimum Gasteiger partial charge on any atom is -0.495 e. The average molecular weight is 440 g/mol. The Bertz CT molecular complexity index is 961. The van der Waals surface area contributed by atoms with Crippen molar-refractivity contribution >= 4 is 33.5 Å². The van der Waals surface area contributed by atoms with Gasteiger partial charge in [-0.2, -0.15) is 0 Å². The second-order valence-corrected chi connectivity index (χ2v) is 6.73. The summed E-state index contributed by atoms with van der Waals surface area (Å²) in [4.78, 5) is 25.7. The molecule has 0 aliphatic carbocycles. The van der Waals surface area contributed by atoms with Gasteiger partial charge in [0.2, 0.25) is 6.10 Å². The van der Waals surface area contributed by atoms with Crippen LogP contribution in [0.4, 0.5) is 5.69 Å². The summed E-state index contributed by atoms with van der Waals surface area (Å²) in [7, 11) is 1.47. The van der Waals surface area contributed by atoms with E-state index in [-0.39, 0.29) is 5.56 Å². The number of ether oxygens (including phenoxy) is 2. The lowest BCUT2D eigenvalue weighted by Gasteiger charge is -2.19. The van der Waals surface area contributed by atoms with Gasteiger partial charge in [0.15, 0.2) is 0 Å². The third-order valence-corrected chi connectivity index (χ3v) is 4.62. The number of benzene rings is 3. The summed E-state index contributed by atoms with van der Waals surface area (Å²) in [5, 5.41) is 2.78. The smallest absolute Gasteiger partial charge is 0.343 e. The fraction of sp³-hybridized carbons (Fsp3) is 0.0909. The number of esters is 1. The summed E-state index contributed by atoms with van der Waals surface area (Å²) in [5.41, 5.74) is 1.41. The molecular weight excluding hydrogens is 422 g/mol. The van der Waals surface area contributed by atoms with E-state index < -0.39 is 18.0 Å². The third kappa shape index (κ3) is 4.58. The monoisotopic (exact) mass is 439 g/mol. The number of hydrogen-bond donors (Lipinski definition) is 1. The summed E-state index contributed by atoms with van der Waals surface area (Å²) in [5.74, 6) is -0.752. The maximum Gasteiger partial charge on any atom is 0.343 e. The highest BCUT2D eigenvalue weighted by Crippen LogP contribution is 2.31. The van der Waals surface area contributed by atoms with Crippen molar-refractivity contribution in [2.45, 2.75) is 6.10 Å². The van der Waals surface area contributed by atoms with Crippen molar-refractivity contribution in [1.29, 1.82) is 0 Å². The topological polar surface area (TPSA) is 64.6 Å². The lowest BCUT2D eigenvalue weighted by Crippen LogP contribution is -2.26. The van der Waals surface area contributed by atoms with E-state index in [1.54, 1.807) is 54.6 Å². The van der Waals surface area contributed by atoms with Crippen molar-refractivity contribution in [3.63, 3.8) is 0 Å². The molecule has 0 aliphatic rings. The second kappa shape index (κ2) is 9.19. The summed E-state index contributed by atoms with van der Waals surface area (Å²) >= 11 is 3.35. The molecule has 0 saturated carbocycles. The van der Waals surface area contributed by atoms with Crippen LogP contribution in [0.25, 0.3) is 0 Å². The molecule has 1 atom stereocenters. The van der Waals surface area contributed by atoms with Crippen LogP contribution in [0.3, 0.4) is 0 Å². The molecule has 3 aromatic carbocycles. The van der Waals surface area contributed by atoms with Crippen molar-refractivity contribution < 1.29 is 19.1 Å². The van der Waals surface area contributed by atoms with Crippen LogP contribution in [-0.4, -0.2) is 19.0 Å². The molecule has 0 fully saturated rings. The summed E-state index contributed by atoms with van der Waals surface area (Å²) in [6, 6.07) is 22.9. The molecule has 3 rings (SSSR count). The number of nitrogens with one attached hydrogen (secondary N) is 1. The molecule has 0 heterocycles. The minimum absolute atomic E-state index is 0.227. The highest BCUT2D eigenvalue weighted by Gasteiger charge is 2.27. The molecular formula is C22H18BrNO4. The van der Waals surface area contributed by atoms with Crippen molar-refractivity contribution in [2.24, 2.45) is 0 Å². The SMILES string of the molecule is COc1c(Br)cccc1C(=O)OC(C(=O)Nc1ccccc1)c1ccccc1. The van der Waals surface area contributed by atoms with E-state index in [1.807, 2.05) is 24.3 Å². The first-order chi connectivity index (χ1) is 13.6. The lowest BCUT2D eigenvalue weighted by molar-refractivity contribution is -0.125. The molecule has 1 amide bonds. The number of anilines is 1. The third-order valence-electron chi connectivity index (χ3n) is 4.00. The number of rotatable bonds is 6. The van der Waals surface area contributed by atoms with Crippen LogP contribution in [-0.2, 0) is 9.53 Å². The Morgan fingerprint density at radius 2 is 1.54 bits per heavy atom. The molecule has 0 aliphatic heterocycles. The van der Waals surface area contributed by atoms with Crippen LogP contribution in [0, 0.1) is 0 Å². The van der Waals surface area contributed by atoms with Crippen molar-refractivity contribution in [3.05, 3.63) is 94.5 Å². The number of hydrogen-bond acceptors (Lipinski definition) is 4. The van der Waals surface area contributed by atoms with E-state index in [2.05, 4.69) is 21.2 Å². The first-order valence-electron chi connectivity index (χ1n) is 8.54. The first kappa shape index (κ1) is 19.6. The molecule has 1 unspecified atom stereocenters. The molecule has 0 aromatic heterocycles. The summed E-state index contributed by atoms with van der Waals surface area (Å²) in [6.45, 7) is 0. The molecule has 1 N–H and O–H groups in total. The predicted octanol–water partition coefficient (Wildman–Crippen LogP) is 4.99. The number of para-hydroxylation sites is 2. The number of halogens is 1. The quantitative estimate of drug-likeness (QED) is 0.549. The molecule has 5 nitrogen and oxygen atoms in total. The average Bonchev–Trinajstić information content (AvgIpc) is 2.73. The van der Waals surface area contributed by atoms with Crippen LogP contribution < -0.4 is 10.1 Å². The van der Waals surface area contributed by atoms with Gasteiger partial charge < -0.3 is 14.8 Å².